The Morgan fingerprint density at radius 2 is 2.00 bits per heavy atom. The lowest BCUT2D eigenvalue weighted by atomic mass is 10.3. The zero-order chi connectivity index (χ0) is 14.3. The highest BCUT2D eigenvalue weighted by Crippen LogP contribution is 2.19. The van der Waals surface area contributed by atoms with Crippen molar-refractivity contribution in [1.82, 2.24) is 0 Å². The number of halogens is 1. The first-order chi connectivity index (χ1) is 9.04. The molecule has 0 bridgehead atoms. The van der Waals surface area contributed by atoms with Gasteiger partial charge in [0.05, 0.1) is 17.6 Å². The van der Waals surface area contributed by atoms with Crippen molar-refractivity contribution in [2.45, 2.75) is 0 Å². The number of aliphatic carboxylic acids is 1. The summed E-state index contributed by atoms with van der Waals surface area (Å²) in [5.74, 6) is -1.21. The maximum atomic E-state index is 11.9. The van der Waals surface area contributed by atoms with E-state index in [1.807, 2.05) is 6.07 Å². The van der Waals surface area contributed by atoms with Gasteiger partial charge in [-0.1, -0.05) is 11.6 Å². The molecule has 0 aliphatic heterocycles. The largest absolute Gasteiger partial charge is 0.480 e. The molecule has 0 aliphatic rings. The van der Waals surface area contributed by atoms with Gasteiger partial charge < -0.3 is 10.0 Å². The molecule has 19 heavy (non-hydrogen) atoms. The first-order valence-electron chi connectivity index (χ1n) is 5.27. The summed E-state index contributed by atoms with van der Waals surface area (Å²) in [5, 5.41) is 17.8. The van der Waals surface area contributed by atoms with Crippen LogP contribution >= 0.6 is 23.4 Å². The van der Waals surface area contributed by atoms with Gasteiger partial charge in [0, 0.05) is 10.7 Å². The zero-order valence-corrected chi connectivity index (χ0v) is 11.4. The third-order valence-corrected chi connectivity index (χ3v) is 3.16. The molecule has 0 saturated heterocycles. The fraction of sp³-hybridized carbons (Fsp3) is 0.250. The van der Waals surface area contributed by atoms with Crippen molar-refractivity contribution in [3.63, 3.8) is 0 Å². The number of carbonyl (C=O) groups excluding carboxylic acids is 1. The Hall–Kier alpha value is -1.71. The summed E-state index contributed by atoms with van der Waals surface area (Å²) in [6.07, 6.45) is 0. The Kier molecular flexibility index (Phi) is 6.19. The highest BCUT2D eigenvalue weighted by molar-refractivity contribution is 8.00. The van der Waals surface area contributed by atoms with Crippen LogP contribution in [0.5, 0.6) is 0 Å². The van der Waals surface area contributed by atoms with Gasteiger partial charge in [-0.05, 0) is 24.3 Å². The van der Waals surface area contributed by atoms with Crippen molar-refractivity contribution in [3.05, 3.63) is 29.3 Å². The molecule has 0 aromatic heterocycles. The fourth-order valence-corrected chi connectivity index (χ4v) is 1.99. The molecule has 0 spiro atoms. The predicted molar refractivity (Wildman–Crippen MR) is 74.4 cm³/mol. The summed E-state index contributed by atoms with van der Waals surface area (Å²) in [5.41, 5.74) is 0.467. The number of hydrogen-bond acceptors (Lipinski definition) is 4. The van der Waals surface area contributed by atoms with Crippen LogP contribution in [0.2, 0.25) is 5.02 Å². The van der Waals surface area contributed by atoms with E-state index < -0.39 is 12.5 Å². The van der Waals surface area contributed by atoms with E-state index in [-0.39, 0.29) is 17.4 Å². The van der Waals surface area contributed by atoms with E-state index in [0.29, 0.717) is 10.7 Å². The minimum absolute atomic E-state index is 0.0590. The van der Waals surface area contributed by atoms with Gasteiger partial charge in [0.15, 0.2) is 0 Å². The highest BCUT2D eigenvalue weighted by atomic mass is 35.5. The third-order valence-electron chi connectivity index (χ3n) is 2.12. The number of carboxylic acids is 1. The number of amides is 1. The van der Waals surface area contributed by atoms with Crippen LogP contribution in [0.4, 0.5) is 5.69 Å². The van der Waals surface area contributed by atoms with E-state index >= 15 is 0 Å². The summed E-state index contributed by atoms with van der Waals surface area (Å²) in [4.78, 5) is 23.9. The van der Waals surface area contributed by atoms with Gasteiger partial charge in [0.1, 0.15) is 6.54 Å². The highest BCUT2D eigenvalue weighted by Gasteiger charge is 2.18. The van der Waals surface area contributed by atoms with Crippen LogP contribution in [-0.2, 0) is 9.59 Å². The smallest absolute Gasteiger partial charge is 0.323 e. The predicted octanol–water partition coefficient (Wildman–Crippen LogP) is 2.01. The molecule has 0 unspecified atom stereocenters. The molecule has 1 rings (SSSR count). The SMILES string of the molecule is N#CCSCC(=O)N(CC(=O)O)c1ccc(Cl)cc1. The van der Waals surface area contributed by atoms with Crippen LogP contribution in [0.3, 0.4) is 0 Å². The van der Waals surface area contributed by atoms with Crippen molar-refractivity contribution in [3.8, 4) is 6.07 Å². The number of nitrogens with zero attached hydrogens (tertiary/aromatic N) is 2. The normalized spacial score (nSPS) is 9.68. The van der Waals surface area contributed by atoms with Gasteiger partial charge in [0.25, 0.3) is 0 Å². The molecular weight excluding hydrogens is 288 g/mol. The van der Waals surface area contributed by atoms with E-state index in [1.54, 1.807) is 24.3 Å². The number of rotatable bonds is 6. The van der Waals surface area contributed by atoms with E-state index in [9.17, 15) is 9.59 Å². The van der Waals surface area contributed by atoms with Crippen molar-refractivity contribution in [2.75, 3.05) is 23.0 Å². The first kappa shape index (κ1) is 15.3. The molecule has 1 amide bonds. The van der Waals surface area contributed by atoms with Gasteiger partial charge in [-0.3, -0.25) is 9.59 Å². The van der Waals surface area contributed by atoms with Crippen LogP contribution in [0.25, 0.3) is 0 Å². The van der Waals surface area contributed by atoms with E-state index in [4.69, 9.17) is 22.0 Å². The fourth-order valence-electron chi connectivity index (χ4n) is 1.34. The van der Waals surface area contributed by atoms with E-state index in [2.05, 4.69) is 0 Å². The van der Waals surface area contributed by atoms with Crippen LogP contribution in [-0.4, -0.2) is 35.0 Å². The Morgan fingerprint density at radius 3 is 2.53 bits per heavy atom. The Morgan fingerprint density at radius 1 is 1.37 bits per heavy atom. The summed E-state index contributed by atoms with van der Waals surface area (Å²) in [7, 11) is 0. The molecular formula is C12H11ClN2O3S. The summed E-state index contributed by atoms with van der Waals surface area (Å²) < 4.78 is 0. The molecule has 1 aromatic rings. The molecule has 100 valence electrons. The Balaban J connectivity index is 2.82. The minimum Gasteiger partial charge on any atom is -0.480 e. The van der Waals surface area contributed by atoms with Crippen LogP contribution in [0, 0.1) is 11.3 Å². The molecule has 0 fully saturated rings. The number of carbonyl (C=O) groups is 2. The van der Waals surface area contributed by atoms with E-state index in [0.717, 1.165) is 16.7 Å². The summed E-state index contributed by atoms with van der Waals surface area (Å²) >= 11 is 6.89. The van der Waals surface area contributed by atoms with Gasteiger partial charge in [-0.15, -0.1) is 11.8 Å². The Bertz CT molecular complexity index is 499. The van der Waals surface area contributed by atoms with E-state index in [1.165, 1.54) is 0 Å². The van der Waals surface area contributed by atoms with Gasteiger partial charge in [0.2, 0.25) is 5.91 Å². The second kappa shape index (κ2) is 7.67. The summed E-state index contributed by atoms with van der Waals surface area (Å²) in [6, 6.07) is 8.24. The zero-order valence-electron chi connectivity index (χ0n) is 9.88. The van der Waals surface area contributed by atoms with Crippen molar-refractivity contribution in [2.24, 2.45) is 0 Å². The maximum Gasteiger partial charge on any atom is 0.323 e. The molecule has 1 N–H and O–H groups in total. The Labute approximate surface area is 119 Å². The molecule has 7 heteroatoms. The average molecular weight is 299 g/mol. The first-order valence-corrected chi connectivity index (χ1v) is 6.80. The number of nitriles is 1. The topological polar surface area (TPSA) is 81.4 Å². The monoisotopic (exact) mass is 298 g/mol. The van der Waals surface area contributed by atoms with Crippen molar-refractivity contribution < 1.29 is 14.7 Å². The standard InChI is InChI=1S/C12H11ClN2O3S/c13-9-1-3-10(4-2-9)15(7-12(17)18)11(16)8-19-6-5-14/h1-4H,6-8H2,(H,17,18). The maximum absolute atomic E-state index is 11.9. The number of benzene rings is 1. The van der Waals surface area contributed by atoms with Gasteiger partial charge in [-0.2, -0.15) is 5.26 Å². The molecule has 5 nitrogen and oxygen atoms in total. The molecule has 1 aromatic carbocycles. The van der Waals surface area contributed by atoms with Gasteiger partial charge >= 0.3 is 5.97 Å². The lowest BCUT2D eigenvalue weighted by molar-refractivity contribution is -0.136. The number of thioether (sulfide) groups is 1. The van der Waals surface area contributed by atoms with Crippen molar-refractivity contribution >= 4 is 40.9 Å². The molecule has 0 atom stereocenters. The minimum atomic E-state index is -1.10. The number of anilines is 1. The molecule has 0 saturated carbocycles. The molecule has 0 radical (unpaired) electrons. The molecule has 0 aliphatic carbocycles. The lowest BCUT2D eigenvalue weighted by Gasteiger charge is -2.20. The lowest BCUT2D eigenvalue weighted by Crippen LogP contribution is -2.37. The van der Waals surface area contributed by atoms with Crippen LogP contribution in [0.15, 0.2) is 24.3 Å². The number of carboxylic acid groups (broad SMARTS) is 1. The molecule has 0 heterocycles. The summed E-state index contributed by atoms with van der Waals surface area (Å²) in [6.45, 7) is -0.423. The van der Waals surface area contributed by atoms with Crippen LogP contribution < -0.4 is 4.90 Å². The second-order valence-corrected chi connectivity index (χ2v) is 4.92. The van der Waals surface area contributed by atoms with Crippen molar-refractivity contribution in [1.29, 1.82) is 5.26 Å². The third kappa shape index (κ3) is 5.20. The second-order valence-electron chi connectivity index (χ2n) is 3.50. The quantitative estimate of drug-likeness (QED) is 0.813. The number of hydrogen-bond donors (Lipinski definition) is 1. The average Bonchev–Trinajstić information content (AvgIpc) is 2.37. The van der Waals surface area contributed by atoms with Crippen LogP contribution in [0.1, 0.15) is 0 Å². The van der Waals surface area contributed by atoms with Gasteiger partial charge in [-0.25, -0.2) is 0 Å².